The highest BCUT2D eigenvalue weighted by atomic mass is 35.5. The fourth-order valence-electron chi connectivity index (χ4n) is 3.90. The largest absolute Gasteiger partial charge is 0.348 e. The molecule has 0 aliphatic carbocycles. The minimum atomic E-state index is -0.115. The molecule has 0 aliphatic rings. The number of benzene rings is 3. The minimum Gasteiger partial charge on any atom is -0.348 e. The van der Waals surface area contributed by atoms with E-state index in [1.54, 1.807) is 24.2 Å². The molecular weight excluding hydrogens is 502 g/mol. The van der Waals surface area contributed by atoms with Crippen LogP contribution in [0.5, 0.6) is 0 Å². The molecule has 0 aliphatic heterocycles. The lowest BCUT2D eigenvalue weighted by molar-refractivity contribution is 0.0951. The second-order valence-corrected chi connectivity index (χ2v) is 9.78. The van der Waals surface area contributed by atoms with Crippen molar-refractivity contribution in [3.8, 4) is 5.69 Å². The van der Waals surface area contributed by atoms with E-state index in [-0.39, 0.29) is 5.91 Å². The van der Waals surface area contributed by atoms with Gasteiger partial charge >= 0.3 is 0 Å². The number of carbonyl (C=O) groups is 1. The molecule has 0 saturated carbocycles. The molecule has 0 unspecified atom stereocenters. The monoisotopic (exact) mass is 525 g/mol. The summed E-state index contributed by atoms with van der Waals surface area (Å²) in [6.07, 6.45) is 4.08. The second kappa shape index (κ2) is 11.9. The van der Waals surface area contributed by atoms with Gasteiger partial charge in [0.2, 0.25) is 0 Å². The third-order valence-corrected chi connectivity index (χ3v) is 6.97. The maximum absolute atomic E-state index is 12.7. The molecular formula is C29H24ClN5OS. The van der Waals surface area contributed by atoms with Crippen molar-refractivity contribution in [1.29, 1.82) is 0 Å². The van der Waals surface area contributed by atoms with E-state index in [1.807, 2.05) is 78.9 Å². The van der Waals surface area contributed by atoms with E-state index in [0.29, 0.717) is 29.3 Å². The first-order valence-electron chi connectivity index (χ1n) is 11.8. The number of thioether (sulfide) groups is 1. The summed E-state index contributed by atoms with van der Waals surface area (Å²) >= 11 is 7.88. The van der Waals surface area contributed by atoms with Crippen LogP contribution >= 0.6 is 23.4 Å². The van der Waals surface area contributed by atoms with E-state index in [9.17, 15) is 4.79 Å². The molecule has 5 rings (SSSR count). The second-order valence-electron chi connectivity index (χ2n) is 8.40. The number of rotatable bonds is 9. The maximum atomic E-state index is 12.7. The van der Waals surface area contributed by atoms with Crippen molar-refractivity contribution in [2.45, 2.75) is 23.9 Å². The normalized spacial score (nSPS) is 10.8. The van der Waals surface area contributed by atoms with Crippen LogP contribution in [-0.2, 0) is 18.7 Å². The number of hydrogen-bond acceptors (Lipinski definition) is 5. The van der Waals surface area contributed by atoms with Gasteiger partial charge in [0, 0.05) is 41.7 Å². The van der Waals surface area contributed by atoms with Crippen molar-refractivity contribution in [3.05, 3.63) is 136 Å². The summed E-state index contributed by atoms with van der Waals surface area (Å²) in [6, 6.07) is 29.3. The molecule has 1 amide bonds. The number of halogens is 1. The molecule has 0 radical (unpaired) electrons. The van der Waals surface area contributed by atoms with Gasteiger partial charge in [0.05, 0.1) is 5.69 Å². The minimum absolute atomic E-state index is 0.115. The summed E-state index contributed by atoms with van der Waals surface area (Å²) in [6.45, 7) is 0.452. The summed E-state index contributed by atoms with van der Waals surface area (Å²) in [5, 5.41) is 13.4. The van der Waals surface area contributed by atoms with Gasteiger partial charge < -0.3 is 5.32 Å². The van der Waals surface area contributed by atoms with Crippen LogP contribution in [0.4, 0.5) is 0 Å². The number of hydrogen-bond donors (Lipinski definition) is 1. The van der Waals surface area contributed by atoms with Crippen molar-refractivity contribution >= 4 is 29.3 Å². The van der Waals surface area contributed by atoms with Gasteiger partial charge in [-0.15, -0.1) is 10.2 Å². The molecule has 37 heavy (non-hydrogen) atoms. The number of aromatic nitrogens is 4. The van der Waals surface area contributed by atoms with Crippen molar-refractivity contribution in [2.75, 3.05) is 0 Å². The standard InChI is InChI=1S/C29H24ClN5OS/c30-25-10-5-11-26(18-25)35-27(17-21-6-2-1-3-7-21)33-34-29(35)37-20-23-8-4-9-24(16-23)28(36)32-19-22-12-14-31-15-13-22/h1-16,18H,17,19-20H2,(H,32,36). The maximum Gasteiger partial charge on any atom is 0.251 e. The first-order chi connectivity index (χ1) is 18.2. The fraction of sp³-hybridized carbons (Fsp3) is 0.103. The Hall–Kier alpha value is -3.94. The van der Waals surface area contributed by atoms with Crippen molar-refractivity contribution in [2.24, 2.45) is 0 Å². The van der Waals surface area contributed by atoms with Gasteiger partial charge in [0.25, 0.3) is 5.91 Å². The van der Waals surface area contributed by atoms with Crippen LogP contribution in [0.15, 0.2) is 109 Å². The predicted molar refractivity (Wildman–Crippen MR) is 147 cm³/mol. The van der Waals surface area contributed by atoms with Gasteiger partial charge in [-0.25, -0.2) is 0 Å². The van der Waals surface area contributed by atoms with Crippen LogP contribution in [0.1, 0.15) is 32.9 Å². The first-order valence-corrected chi connectivity index (χ1v) is 13.1. The average molecular weight is 526 g/mol. The predicted octanol–water partition coefficient (Wildman–Crippen LogP) is 6.13. The Morgan fingerprint density at radius 2 is 1.62 bits per heavy atom. The van der Waals surface area contributed by atoms with Gasteiger partial charge in [-0.3, -0.25) is 14.3 Å². The van der Waals surface area contributed by atoms with Crippen LogP contribution in [0.25, 0.3) is 5.69 Å². The van der Waals surface area contributed by atoms with E-state index in [1.165, 1.54) is 0 Å². The smallest absolute Gasteiger partial charge is 0.251 e. The van der Waals surface area contributed by atoms with Gasteiger partial charge in [-0.1, -0.05) is 71.9 Å². The molecule has 3 aromatic carbocycles. The Morgan fingerprint density at radius 1 is 0.838 bits per heavy atom. The zero-order chi connectivity index (χ0) is 25.5. The molecule has 5 aromatic rings. The summed E-state index contributed by atoms with van der Waals surface area (Å²) < 4.78 is 2.05. The lowest BCUT2D eigenvalue weighted by atomic mass is 10.1. The Kier molecular flexibility index (Phi) is 7.93. The van der Waals surface area contributed by atoms with Crippen LogP contribution in [0.2, 0.25) is 5.02 Å². The van der Waals surface area contributed by atoms with Gasteiger partial charge in [-0.05, 0) is 59.2 Å². The zero-order valence-electron chi connectivity index (χ0n) is 19.9. The van der Waals surface area contributed by atoms with E-state index in [2.05, 4.69) is 37.2 Å². The topological polar surface area (TPSA) is 72.7 Å². The Balaban J connectivity index is 1.33. The molecule has 6 nitrogen and oxygen atoms in total. The fourth-order valence-corrected chi connectivity index (χ4v) is 4.99. The highest BCUT2D eigenvalue weighted by Gasteiger charge is 2.16. The molecule has 0 atom stereocenters. The third-order valence-electron chi connectivity index (χ3n) is 5.73. The Morgan fingerprint density at radius 3 is 2.43 bits per heavy atom. The van der Waals surface area contributed by atoms with Crippen LogP contribution in [-0.4, -0.2) is 25.7 Å². The van der Waals surface area contributed by atoms with E-state index < -0.39 is 0 Å². The van der Waals surface area contributed by atoms with Crippen molar-refractivity contribution < 1.29 is 4.79 Å². The first kappa shape index (κ1) is 24.7. The van der Waals surface area contributed by atoms with Crippen LogP contribution in [0.3, 0.4) is 0 Å². The molecule has 0 saturated heterocycles. The molecule has 8 heteroatoms. The van der Waals surface area contributed by atoms with Gasteiger partial charge in [-0.2, -0.15) is 0 Å². The summed E-state index contributed by atoms with van der Waals surface area (Å²) in [5.74, 6) is 1.35. The van der Waals surface area contributed by atoms with Crippen LogP contribution in [0, 0.1) is 0 Å². The lowest BCUT2D eigenvalue weighted by Gasteiger charge is -2.11. The molecule has 184 valence electrons. The lowest BCUT2D eigenvalue weighted by Crippen LogP contribution is -2.22. The van der Waals surface area contributed by atoms with E-state index in [0.717, 1.165) is 33.4 Å². The number of pyridine rings is 1. The quantitative estimate of drug-likeness (QED) is 0.234. The summed E-state index contributed by atoms with van der Waals surface area (Å²) in [5.41, 5.74) is 4.71. The highest BCUT2D eigenvalue weighted by molar-refractivity contribution is 7.98. The number of nitrogens with zero attached hydrogens (tertiary/aromatic N) is 4. The highest BCUT2D eigenvalue weighted by Crippen LogP contribution is 2.28. The zero-order valence-corrected chi connectivity index (χ0v) is 21.5. The molecule has 0 bridgehead atoms. The molecule has 2 heterocycles. The van der Waals surface area contributed by atoms with Crippen LogP contribution < -0.4 is 5.32 Å². The number of amides is 1. The van der Waals surface area contributed by atoms with E-state index >= 15 is 0 Å². The number of carbonyl (C=O) groups excluding carboxylic acids is 1. The summed E-state index contributed by atoms with van der Waals surface area (Å²) in [4.78, 5) is 16.7. The molecule has 0 fully saturated rings. The van der Waals surface area contributed by atoms with E-state index in [4.69, 9.17) is 11.6 Å². The van der Waals surface area contributed by atoms with Gasteiger partial charge in [0.15, 0.2) is 5.16 Å². The number of nitrogens with one attached hydrogen (secondary N) is 1. The Labute approximate surface area is 224 Å². The molecule has 1 N–H and O–H groups in total. The SMILES string of the molecule is O=C(NCc1ccncc1)c1cccc(CSc2nnc(Cc3ccccc3)n2-c2cccc(Cl)c2)c1. The van der Waals surface area contributed by atoms with Crippen molar-refractivity contribution in [3.63, 3.8) is 0 Å². The molecule has 2 aromatic heterocycles. The average Bonchev–Trinajstić information content (AvgIpc) is 3.34. The summed E-state index contributed by atoms with van der Waals surface area (Å²) in [7, 11) is 0. The molecule has 0 spiro atoms. The third kappa shape index (κ3) is 6.44. The van der Waals surface area contributed by atoms with Gasteiger partial charge in [0.1, 0.15) is 5.82 Å². The Bertz CT molecular complexity index is 1490. The van der Waals surface area contributed by atoms with Crippen molar-refractivity contribution in [1.82, 2.24) is 25.1 Å².